The average molecular weight is 415 g/mol. The number of benzene rings is 2. The lowest BCUT2D eigenvalue weighted by Crippen LogP contribution is -2.22. The molecule has 0 radical (unpaired) electrons. The highest BCUT2D eigenvalue weighted by Gasteiger charge is 2.26. The minimum Gasteiger partial charge on any atom is -0.394 e. The van der Waals surface area contributed by atoms with Gasteiger partial charge in [-0.25, -0.2) is 14.6 Å². The van der Waals surface area contributed by atoms with Gasteiger partial charge in [0.25, 0.3) is 0 Å². The van der Waals surface area contributed by atoms with Crippen molar-refractivity contribution >= 4 is 38.1 Å². The fourth-order valence-corrected chi connectivity index (χ4v) is 3.02. The Hall–Kier alpha value is -2.39. The van der Waals surface area contributed by atoms with Crippen LogP contribution in [0.3, 0.4) is 0 Å². The van der Waals surface area contributed by atoms with Crippen LogP contribution in [0.1, 0.15) is 11.8 Å². The molecule has 4 rings (SSSR count). The van der Waals surface area contributed by atoms with Crippen molar-refractivity contribution in [2.24, 2.45) is 0 Å². The second kappa shape index (κ2) is 6.73. The van der Waals surface area contributed by atoms with Crippen LogP contribution < -0.4 is 0 Å². The molecule has 2 aromatic heterocycles. The monoisotopic (exact) mass is 414 g/mol. The number of hydrogen-bond donors (Lipinski definition) is 3. The van der Waals surface area contributed by atoms with Crippen LogP contribution in [0.25, 0.3) is 27.9 Å². The van der Waals surface area contributed by atoms with E-state index in [1.165, 1.54) is 0 Å². The number of aromatic nitrogens is 4. The van der Waals surface area contributed by atoms with E-state index in [1.54, 1.807) is 4.68 Å². The Kier molecular flexibility index (Phi) is 4.41. The van der Waals surface area contributed by atoms with Crippen LogP contribution in [0.4, 0.5) is 0 Å². The van der Waals surface area contributed by atoms with Gasteiger partial charge in [0.15, 0.2) is 5.65 Å². The fourth-order valence-electron chi connectivity index (χ4n) is 2.76. The summed E-state index contributed by atoms with van der Waals surface area (Å²) >= 11 is 3.40. The average Bonchev–Trinajstić information content (AvgIpc) is 3.04. The SMILES string of the molecule is OC[C@H](O)[C@@H](O)c1nn(-c2ccc(Br)cc2)c2nc3ccccc3nc12. The fraction of sp³-hybridized carbons (Fsp3) is 0.167. The molecule has 0 bridgehead atoms. The van der Waals surface area contributed by atoms with Gasteiger partial charge in [0.2, 0.25) is 0 Å². The first kappa shape index (κ1) is 17.0. The minimum atomic E-state index is -1.38. The number of aliphatic hydroxyl groups is 3. The van der Waals surface area contributed by atoms with Crippen molar-refractivity contribution in [3.05, 3.63) is 58.7 Å². The number of halogens is 1. The first-order chi connectivity index (χ1) is 12.6. The normalized spacial score (nSPS) is 14.0. The summed E-state index contributed by atoms with van der Waals surface area (Å²) in [6.07, 6.45) is -2.74. The van der Waals surface area contributed by atoms with Crippen molar-refractivity contribution in [1.29, 1.82) is 0 Å². The van der Waals surface area contributed by atoms with Gasteiger partial charge in [0.1, 0.15) is 23.4 Å². The molecule has 2 aromatic carbocycles. The van der Waals surface area contributed by atoms with Gasteiger partial charge >= 0.3 is 0 Å². The van der Waals surface area contributed by atoms with Crippen molar-refractivity contribution in [2.45, 2.75) is 12.2 Å². The molecule has 4 aromatic rings. The lowest BCUT2D eigenvalue weighted by Gasteiger charge is -2.13. The third-order valence-electron chi connectivity index (χ3n) is 4.11. The quantitative estimate of drug-likeness (QED) is 0.472. The van der Waals surface area contributed by atoms with Crippen molar-refractivity contribution in [2.75, 3.05) is 6.61 Å². The molecule has 132 valence electrons. The van der Waals surface area contributed by atoms with E-state index < -0.39 is 18.8 Å². The molecule has 0 spiro atoms. The van der Waals surface area contributed by atoms with Gasteiger partial charge in [-0.1, -0.05) is 28.1 Å². The largest absolute Gasteiger partial charge is 0.394 e. The first-order valence-corrected chi connectivity index (χ1v) is 8.76. The van der Waals surface area contributed by atoms with Crippen LogP contribution in [-0.2, 0) is 0 Å². The number of aliphatic hydroxyl groups excluding tert-OH is 3. The molecule has 0 amide bonds. The molecule has 26 heavy (non-hydrogen) atoms. The predicted molar refractivity (Wildman–Crippen MR) is 99.9 cm³/mol. The molecule has 2 heterocycles. The zero-order valence-corrected chi connectivity index (χ0v) is 15.1. The lowest BCUT2D eigenvalue weighted by molar-refractivity contribution is -0.0168. The summed E-state index contributed by atoms with van der Waals surface area (Å²) in [6.45, 7) is -0.588. The van der Waals surface area contributed by atoms with E-state index >= 15 is 0 Å². The highest BCUT2D eigenvalue weighted by atomic mass is 79.9. The summed E-state index contributed by atoms with van der Waals surface area (Å²) in [7, 11) is 0. The molecule has 0 saturated heterocycles. The standard InChI is InChI=1S/C18H15BrN4O3/c19-10-5-7-11(8-6-10)23-18-16(15(22-23)17(26)14(25)9-24)20-12-3-1-2-4-13(12)21-18/h1-8,14,17,24-26H,9H2/t14-,17+/m0/s1. The summed E-state index contributed by atoms with van der Waals surface area (Å²) in [5.74, 6) is 0. The van der Waals surface area contributed by atoms with E-state index in [0.29, 0.717) is 22.2 Å². The number of hydrogen-bond acceptors (Lipinski definition) is 6. The molecule has 0 aliphatic heterocycles. The van der Waals surface area contributed by atoms with Gasteiger partial charge < -0.3 is 15.3 Å². The minimum absolute atomic E-state index is 0.169. The summed E-state index contributed by atoms with van der Waals surface area (Å²) in [5.41, 5.74) is 3.10. The maximum absolute atomic E-state index is 10.4. The van der Waals surface area contributed by atoms with Gasteiger partial charge in [-0.15, -0.1) is 0 Å². The van der Waals surface area contributed by atoms with Gasteiger partial charge in [0, 0.05) is 4.47 Å². The van der Waals surface area contributed by atoms with Crippen molar-refractivity contribution in [1.82, 2.24) is 19.7 Å². The predicted octanol–water partition coefficient (Wildman–Crippen LogP) is 2.12. The Morgan fingerprint density at radius 1 is 0.962 bits per heavy atom. The topological polar surface area (TPSA) is 104 Å². The Balaban J connectivity index is 2.01. The van der Waals surface area contributed by atoms with Gasteiger partial charge in [0.05, 0.1) is 23.3 Å². The third-order valence-corrected chi connectivity index (χ3v) is 4.63. The Labute approximate surface area is 156 Å². The summed E-state index contributed by atoms with van der Waals surface area (Å²) in [4.78, 5) is 9.21. The molecule has 0 aliphatic rings. The highest BCUT2D eigenvalue weighted by Crippen LogP contribution is 2.28. The number of para-hydroxylation sites is 2. The molecule has 0 unspecified atom stereocenters. The van der Waals surface area contributed by atoms with Crippen LogP contribution in [0.5, 0.6) is 0 Å². The number of nitrogens with zero attached hydrogens (tertiary/aromatic N) is 4. The maximum atomic E-state index is 10.4. The van der Waals surface area contributed by atoms with E-state index in [0.717, 1.165) is 10.2 Å². The number of rotatable bonds is 4. The zero-order valence-electron chi connectivity index (χ0n) is 13.5. The summed E-state index contributed by atoms with van der Waals surface area (Å²) in [6, 6.07) is 14.8. The molecular weight excluding hydrogens is 400 g/mol. The zero-order chi connectivity index (χ0) is 18.3. The van der Waals surface area contributed by atoms with Crippen LogP contribution in [-0.4, -0.2) is 47.8 Å². The summed E-state index contributed by atoms with van der Waals surface area (Å²) in [5, 5.41) is 33.9. The molecule has 0 aliphatic carbocycles. The van der Waals surface area contributed by atoms with Crippen LogP contribution in [0.2, 0.25) is 0 Å². The first-order valence-electron chi connectivity index (χ1n) is 7.97. The maximum Gasteiger partial charge on any atom is 0.182 e. The smallest absolute Gasteiger partial charge is 0.182 e. The van der Waals surface area contributed by atoms with E-state index in [4.69, 9.17) is 0 Å². The van der Waals surface area contributed by atoms with Gasteiger partial charge in [-0.05, 0) is 36.4 Å². The molecule has 7 nitrogen and oxygen atoms in total. The molecule has 0 fully saturated rings. The molecule has 3 N–H and O–H groups in total. The lowest BCUT2D eigenvalue weighted by atomic mass is 10.1. The van der Waals surface area contributed by atoms with Crippen LogP contribution in [0, 0.1) is 0 Å². The van der Waals surface area contributed by atoms with Crippen molar-refractivity contribution in [3.8, 4) is 5.69 Å². The van der Waals surface area contributed by atoms with Gasteiger partial charge in [-0.2, -0.15) is 5.10 Å². The van der Waals surface area contributed by atoms with Crippen LogP contribution in [0.15, 0.2) is 53.0 Å². The van der Waals surface area contributed by atoms with Crippen molar-refractivity contribution < 1.29 is 15.3 Å². The highest BCUT2D eigenvalue weighted by molar-refractivity contribution is 9.10. The van der Waals surface area contributed by atoms with E-state index in [9.17, 15) is 15.3 Å². The third kappa shape index (κ3) is 2.86. The van der Waals surface area contributed by atoms with Gasteiger partial charge in [-0.3, -0.25) is 0 Å². The Bertz CT molecular complexity index is 1080. The summed E-state index contributed by atoms with van der Waals surface area (Å²) < 4.78 is 2.49. The molecule has 0 saturated carbocycles. The molecule has 8 heteroatoms. The molecule has 2 atom stereocenters. The Morgan fingerprint density at radius 3 is 2.27 bits per heavy atom. The Morgan fingerprint density at radius 2 is 1.62 bits per heavy atom. The second-order valence-corrected chi connectivity index (χ2v) is 6.77. The van der Waals surface area contributed by atoms with Crippen LogP contribution >= 0.6 is 15.9 Å². The molecular formula is C18H15BrN4O3. The van der Waals surface area contributed by atoms with E-state index in [2.05, 4.69) is 31.0 Å². The number of fused-ring (bicyclic) bond motifs is 2. The van der Waals surface area contributed by atoms with Crippen molar-refractivity contribution in [3.63, 3.8) is 0 Å². The van der Waals surface area contributed by atoms with E-state index in [1.807, 2.05) is 48.5 Å². The van der Waals surface area contributed by atoms with E-state index in [-0.39, 0.29) is 5.69 Å². The second-order valence-electron chi connectivity index (χ2n) is 5.85.